The van der Waals surface area contributed by atoms with Crippen molar-refractivity contribution < 1.29 is 4.79 Å². The number of halogens is 2. The summed E-state index contributed by atoms with van der Waals surface area (Å²) in [5, 5.41) is 6.78. The van der Waals surface area contributed by atoms with Crippen molar-refractivity contribution in [1.29, 1.82) is 0 Å². The van der Waals surface area contributed by atoms with Crippen LogP contribution >= 0.6 is 23.2 Å². The second-order valence-corrected chi connectivity index (χ2v) is 5.17. The third kappa shape index (κ3) is 4.09. The minimum Gasteiger partial charge on any atom is -0.370 e. The fourth-order valence-corrected chi connectivity index (χ4v) is 2.19. The Morgan fingerprint density at radius 3 is 2.71 bits per heavy atom. The molecule has 2 N–H and O–H groups in total. The summed E-state index contributed by atoms with van der Waals surface area (Å²) in [4.78, 5) is 16.3. The Balaban J connectivity index is 2.10. The van der Waals surface area contributed by atoms with Crippen LogP contribution in [0.5, 0.6) is 0 Å². The first-order valence-electron chi connectivity index (χ1n) is 6.53. The number of carbonyl (C=O) groups is 1. The molecule has 1 aromatic carbocycles. The number of anilines is 1. The van der Waals surface area contributed by atoms with E-state index in [4.69, 9.17) is 23.2 Å². The highest BCUT2D eigenvalue weighted by Gasteiger charge is 2.12. The average Bonchev–Trinajstić information content (AvgIpc) is 2.48. The Morgan fingerprint density at radius 2 is 2.00 bits per heavy atom. The Hall–Kier alpha value is -1.78. The molecule has 0 aliphatic heterocycles. The molecule has 21 heavy (non-hydrogen) atoms. The first kappa shape index (κ1) is 15.6. The number of hydrogen-bond donors (Lipinski definition) is 2. The highest BCUT2D eigenvalue weighted by atomic mass is 35.5. The number of nitrogens with zero attached hydrogens (tertiary/aromatic N) is 1. The Kier molecular flexibility index (Phi) is 5.42. The summed E-state index contributed by atoms with van der Waals surface area (Å²) in [7, 11) is 0. The second-order valence-electron chi connectivity index (χ2n) is 4.35. The smallest absolute Gasteiger partial charge is 0.253 e. The minimum atomic E-state index is -0.263. The molecule has 1 heterocycles. The lowest BCUT2D eigenvalue weighted by Crippen LogP contribution is -2.23. The van der Waals surface area contributed by atoms with Gasteiger partial charge in [0.15, 0.2) is 0 Å². The topological polar surface area (TPSA) is 54.0 Å². The lowest BCUT2D eigenvalue weighted by Gasteiger charge is -2.09. The normalized spacial score (nSPS) is 10.2. The monoisotopic (exact) mass is 323 g/mol. The van der Waals surface area contributed by atoms with Crippen molar-refractivity contribution in [2.75, 3.05) is 11.9 Å². The van der Waals surface area contributed by atoms with Crippen LogP contribution < -0.4 is 10.6 Å². The number of pyridine rings is 1. The molecule has 0 bridgehead atoms. The van der Waals surface area contributed by atoms with Crippen LogP contribution in [-0.2, 0) is 6.54 Å². The van der Waals surface area contributed by atoms with Crippen molar-refractivity contribution in [2.45, 2.75) is 13.5 Å². The van der Waals surface area contributed by atoms with Crippen LogP contribution in [0, 0.1) is 0 Å². The van der Waals surface area contributed by atoms with Gasteiger partial charge in [0, 0.05) is 24.3 Å². The van der Waals surface area contributed by atoms with Gasteiger partial charge in [0.1, 0.15) is 5.82 Å². The standard InChI is InChI=1S/C15H15Cl2N3O/c1-2-18-14-7-11(13(17)9-19-14)15(21)20-8-10-5-3-4-6-12(10)16/h3-7,9H,2,8H2,1H3,(H,18,19)(H,20,21). The molecule has 0 radical (unpaired) electrons. The fourth-order valence-electron chi connectivity index (χ4n) is 1.80. The Bertz CT molecular complexity index is 647. The molecule has 2 aromatic rings. The van der Waals surface area contributed by atoms with Crippen LogP contribution in [0.3, 0.4) is 0 Å². The highest BCUT2D eigenvalue weighted by molar-refractivity contribution is 6.33. The zero-order valence-corrected chi connectivity index (χ0v) is 13.0. The van der Waals surface area contributed by atoms with Gasteiger partial charge >= 0.3 is 0 Å². The molecule has 0 spiro atoms. The van der Waals surface area contributed by atoms with E-state index in [0.717, 1.165) is 12.1 Å². The first-order valence-corrected chi connectivity index (χ1v) is 7.28. The number of benzene rings is 1. The predicted octanol–water partition coefficient (Wildman–Crippen LogP) is 3.75. The van der Waals surface area contributed by atoms with Crippen molar-refractivity contribution in [3.63, 3.8) is 0 Å². The zero-order chi connectivity index (χ0) is 15.2. The number of amides is 1. The summed E-state index contributed by atoms with van der Waals surface area (Å²) in [6.45, 7) is 3.01. The SMILES string of the molecule is CCNc1cc(C(=O)NCc2ccccc2Cl)c(Cl)cn1. The van der Waals surface area contributed by atoms with Gasteiger partial charge in [-0.25, -0.2) is 4.98 Å². The molecule has 0 fully saturated rings. The van der Waals surface area contributed by atoms with Gasteiger partial charge in [0.25, 0.3) is 5.91 Å². The van der Waals surface area contributed by atoms with Gasteiger partial charge in [-0.05, 0) is 24.6 Å². The van der Waals surface area contributed by atoms with Gasteiger partial charge in [-0.15, -0.1) is 0 Å². The quantitative estimate of drug-likeness (QED) is 0.881. The van der Waals surface area contributed by atoms with Gasteiger partial charge in [0.05, 0.1) is 10.6 Å². The van der Waals surface area contributed by atoms with Crippen LogP contribution in [0.25, 0.3) is 0 Å². The number of carbonyl (C=O) groups excluding carboxylic acids is 1. The molecule has 110 valence electrons. The van der Waals surface area contributed by atoms with E-state index in [1.165, 1.54) is 6.20 Å². The molecule has 0 aliphatic carbocycles. The van der Waals surface area contributed by atoms with Crippen molar-refractivity contribution in [1.82, 2.24) is 10.3 Å². The molecule has 0 atom stereocenters. The largest absolute Gasteiger partial charge is 0.370 e. The van der Waals surface area contributed by atoms with Crippen LogP contribution in [0.2, 0.25) is 10.0 Å². The van der Waals surface area contributed by atoms with Gasteiger partial charge < -0.3 is 10.6 Å². The summed E-state index contributed by atoms with van der Waals surface area (Å²) < 4.78 is 0. The molecular formula is C15H15Cl2N3O. The summed E-state index contributed by atoms with van der Waals surface area (Å²) in [5.41, 5.74) is 1.24. The number of hydrogen-bond acceptors (Lipinski definition) is 3. The van der Waals surface area contributed by atoms with Crippen molar-refractivity contribution in [3.05, 3.63) is 57.7 Å². The molecule has 1 amide bonds. The van der Waals surface area contributed by atoms with Crippen molar-refractivity contribution in [2.24, 2.45) is 0 Å². The summed E-state index contributed by atoms with van der Waals surface area (Å²) >= 11 is 12.1. The van der Waals surface area contributed by atoms with E-state index >= 15 is 0 Å². The van der Waals surface area contributed by atoms with Crippen molar-refractivity contribution in [3.8, 4) is 0 Å². The molecule has 0 saturated carbocycles. The van der Waals surface area contributed by atoms with Crippen LogP contribution in [0.1, 0.15) is 22.8 Å². The lowest BCUT2D eigenvalue weighted by molar-refractivity contribution is 0.0951. The maximum atomic E-state index is 12.2. The van der Waals surface area contributed by atoms with E-state index in [-0.39, 0.29) is 5.91 Å². The number of nitrogens with one attached hydrogen (secondary N) is 2. The Labute approximate surface area is 133 Å². The van der Waals surface area contributed by atoms with E-state index in [2.05, 4.69) is 15.6 Å². The lowest BCUT2D eigenvalue weighted by atomic mass is 10.2. The summed E-state index contributed by atoms with van der Waals surface area (Å²) in [6, 6.07) is 8.99. The first-order chi connectivity index (χ1) is 10.1. The molecular weight excluding hydrogens is 309 g/mol. The number of aromatic nitrogens is 1. The zero-order valence-electron chi connectivity index (χ0n) is 11.5. The van der Waals surface area contributed by atoms with Gasteiger partial charge in [0.2, 0.25) is 0 Å². The van der Waals surface area contributed by atoms with Gasteiger partial charge in [-0.3, -0.25) is 4.79 Å². The van der Waals surface area contributed by atoms with Gasteiger partial charge in [-0.1, -0.05) is 41.4 Å². The van der Waals surface area contributed by atoms with Crippen LogP contribution in [-0.4, -0.2) is 17.4 Å². The van der Waals surface area contributed by atoms with Crippen molar-refractivity contribution >= 4 is 34.9 Å². The second kappa shape index (κ2) is 7.29. The maximum Gasteiger partial charge on any atom is 0.253 e. The predicted molar refractivity (Wildman–Crippen MR) is 86.0 cm³/mol. The van der Waals surface area contributed by atoms with E-state index in [9.17, 15) is 4.79 Å². The maximum absolute atomic E-state index is 12.2. The molecule has 6 heteroatoms. The highest BCUT2D eigenvalue weighted by Crippen LogP contribution is 2.19. The molecule has 0 unspecified atom stereocenters. The number of rotatable bonds is 5. The van der Waals surface area contributed by atoms with E-state index in [1.54, 1.807) is 12.1 Å². The molecule has 0 aliphatic rings. The average molecular weight is 324 g/mol. The molecule has 1 aromatic heterocycles. The van der Waals surface area contributed by atoms with Gasteiger partial charge in [-0.2, -0.15) is 0 Å². The van der Waals surface area contributed by atoms with Crippen LogP contribution in [0.4, 0.5) is 5.82 Å². The van der Waals surface area contributed by atoms with E-state index in [0.29, 0.717) is 28.0 Å². The van der Waals surface area contributed by atoms with E-state index in [1.807, 2.05) is 25.1 Å². The summed E-state index contributed by atoms with van der Waals surface area (Å²) in [5.74, 6) is 0.353. The fraction of sp³-hybridized carbons (Fsp3) is 0.200. The summed E-state index contributed by atoms with van der Waals surface area (Å²) in [6.07, 6.45) is 1.46. The molecule has 2 rings (SSSR count). The third-order valence-electron chi connectivity index (χ3n) is 2.86. The Morgan fingerprint density at radius 1 is 1.24 bits per heavy atom. The molecule has 0 saturated heterocycles. The van der Waals surface area contributed by atoms with Crippen LogP contribution in [0.15, 0.2) is 36.5 Å². The van der Waals surface area contributed by atoms with E-state index < -0.39 is 0 Å². The molecule has 4 nitrogen and oxygen atoms in total. The minimum absolute atomic E-state index is 0.263. The third-order valence-corrected chi connectivity index (χ3v) is 3.53.